The van der Waals surface area contributed by atoms with Crippen LogP contribution in [0.1, 0.15) is 40.4 Å². The van der Waals surface area contributed by atoms with Gasteiger partial charge in [-0.15, -0.1) is 0 Å². The Morgan fingerprint density at radius 1 is 1.15 bits per heavy atom. The summed E-state index contributed by atoms with van der Waals surface area (Å²) in [6, 6.07) is 12.8. The van der Waals surface area contributed by atoms with E-state index in [0.29, 0.717) is 26.1 Å². The van der Waals surface area contributed by atoms with Crippen molar-refractivity contribution in [1.82, 2.24) is 4.90 Å². The number of aromatic carboxylic acids is 1. The first-order chi connectivity index (χ1) is 12.6. The minimum absolute atomic E-state index is 0.0454. The molecule has 0 unspecified atom stereocenters. The molecule has 1 aliphatic heterocycles. The van der Waals surface area contributed by atoms with Crippen molar-refractivity contribution in [2.24, 2.45) is 0 Å². The van der Waals surface area contributed by atoms with E-state index in [1.807, 2.05) is 30.3 Å². The first-order valence-corrected chi connectivity index (χ1v) is 8.91. The smallest absolute Gasteiger partial charge is 0.335 e. The van der Waals surface area contributed by atoms with Gasteiger partial charge in [0.1, 0.15) is 5.75 Å². The summed E-state index contributed by atoms with van der Waals surface area (Å²) in [4.78, 5) is 25.6. The average molecular weight is 353 g/mol. The van der Waals surface area contributed by atoms with Gasteiger partial charge in [-0.3, -0.25) is 4.79 Å². The van der Waals surface area contributed by atoms with Gasteiger partial charge in [-0.05, 0) is 53.8 Å². The molecule has 5 heteroatoms. The molecule has 2 aromatic carbocycles. The van der Waals surface area contributed by atoms with Gasteiger partial charge < -0.3 is 14.7 Å². The molecule has 0 fully saturated rings. The molecule has 1 aliphatic rings. The molecule has 2 aromatic rings. The molecule has 0 atom stereocenters. The lowest BCUT2D eigenvalue weighted by Gasteiger charge is -2.29. The Morgan fingerprint density at radius 2 is 2.00 bits per heavy atom. The number of hydrogen-bond donors (Lipinski definition) is 1. The van der Waals surface area contributed by atoms with Crippen LogP contribution in [-0.2, 0) is 24.2 Å². The monoisotopic (exact) mass is 353 g/mol. The maximum atomic E-state index is 12.7. The van der Waals surface area contributed by atoms with Crippen LogP contribution in [0, 0.1) is 0 Å². The number of fused-ring (bicyclic) bond motifs is 1. The van der Waals surface area contributed by atoms with E-state index < -0.39 is 5.97 Å². The van der Waals surface area contributed by atoms with Crippen molar-refractivity contribution in [1.29, 1.82) is 0 Å². The molecule has 0 aliphatic carbocycles. The first-order valence-electron chi connectivity index (χ1n) is 8.91. The van der Waals surface area contributed by atoms with E-state index in [1.165, 1.54) is 0 Å². The lowest BCUT2D eigenvalue weighted by atomic mass is 9.97. The normalized spacial score (nSPS) is 13.2. The maximum absolute atomic E-state index is 12.7. The zero-order valence-electron chi connectivity index (χ0n) is 14.9. The summed E-state index contributed by atoms with van der Waals surface area (Å²) in [5, 5.41) is 9.15. The number of hydrogen-bond acceptors (Lipinski definition) is 3. The van der Waals surface area contributed by atoms with E-state index >= 15 is 0 Å². The van der Waals surface area contributed by atoms with Crippen LogP contribution in [0.25, 0.3) is 0 Å². The number of carboxylic acid groups (broad SMARTS) is 1. The molecular formula is C21H23NO4. The van der Waals surface area contributed by atoms with Crippen molar-refractivity contribution in [3.05, 3.63) is 64.7 Å². The highest BCUT2D eigenvalue weighted by atomic mass is 16.5. The Morgan fingerprint density at radius 3 is 2.77 bits per heavy atom. The van der Waals surface area contributed by atoms with Gasteiger partial charge >= 0.3 is 5.97 Å². The third-order valence-electron chi connectivity index (χ3n) is 4.54. The maximum Gasteiger partial charge on any atom is 0.335 e. The molecule has 0 bridgehead atoms. The molecule has 0 radical (unpaired) electrons. The second kappa shape index (κ2) is 8.04. The fourth-order valence-electron chi connectivity index (χ4n) is 3.15. The number of carbonyl (C=O) groups is 2. The second-order valence-corrected chi connectivity index (χ2v) is 6.53. The van der Waals surface area contributed by atoms with Crippen molar-refractivity contribution in [2.45, 2.75) is 32.7 Å². The molecule has 0 aromatic heterocycles. The molecule has 0 spiro atoms. The molecule has 5 nitrogen and oxygen atoms in total. The number of benzene rings is 2. The quantitative estimate of drug-likeness (QED) is 0.865. The van der Waals surface area contributed by atoms with E-state index in [2.05, 4.69) is 6.92 Å². The van der Waals surface area contributed by atoms with Crippen LogP contribution < -0.4 is 4.74 Å². The van der Waals surface area contributed by atoms with E-state index in [0.717, 1.165) is 35.3 Å². The van der Waals surface area contributed by atoms with Crippen molar-refractivity contribution >= 4 is 11.9 Å². The lowest BCUT2D eigenvalue weighted by molar-refractivity contribution is -0.131. The minimum atomic E-state index is -0.944. The fraction of sp³-hybridized carbons (Fsp3) is 0.333. The summed E-state index contributed by atoms with van der Waals surface area (Å²) in [5.41, 5.74) is 3.23. The van der Waals surface area contributed by atoms with Gasteiger partial charge in [0.15, 0.2) is 0 Å². The zero-order chi connectivity index (χ0) is 18.5. The SMILES string of the molecule is CCCOc1cccc(CC(=O)N2CCc3ccc(C(=O)O)cc3C2)c1. The number of amides is 1. The summed E-state index contributed by atoms with van der Waals surface area (Å²) in [6.07, 6.45) is 2.01. The third-order valence-corrected chi connectivity index (χ3v) is 4.54. The van der Waals surface area contributed by atoms with Gasteiger partial charge in [0.05, 0.1) is 18.6 Å². The molecule has 3 rings (SSSR count). The van der Waals surface area contributed by atoms with Crippen LogP contribution in [0.4, 0.5) is 0 Å². The van der Waals surface area contributed by atoms with Crippen LogP contribution in [0.3, 0.4) is 0 Å². The van der Waals surface area contributed by atoms with Gasteiger partial charge in [0.2, 0.25) is 5.91 Å². The van der Waals surface area contributed by atoms with E-state index in [-0.39, 0.29) is 11.5 Å². The number of carboxylic acids is 1. The standard InChI is InChI=1S/C21H23NO4/c1-2-10-26-19-5-3-4-15(11-19)12-20(23)22-9-8-16-6-7-17(21(24)25)13-18(16)14-22/h3-7,11,13H,2,8-10,12,14H2,1H3,(H,24,25). The van der Waals surface area contributed by atoms with E-state index in [1.54, 1.807) is 17.0 Å². The molecular weight excluding hydrogens is 330 g/mol. The Labute approximate surface area is 153 Å². The van der Waals surface area contributed by atoms with Crippen LogP contribution in [0.2, 0.25) is 0 Å². The predicted octanol–water partition coefficient (Wildman–Crippen LogP) is 3.30. The van der Waals surface area contributed by atoms with Gasteiger partial charge in [-0.25, -0.2) is 4.79 Å². The van der Waals surface area contributed by atoms with Gasteiger partial charge in [0, 0.05) is 13.1 Å². The molecule has 0 saturated heterocycles. The molecule has 136 valence electrons. The van der Waals surface area contributed by atoms with Crippen molar-refractivity contribution < 1.29 is 19.4 Å². The van der Waals surface area contributed by atoms with Crippen molar-refractivity contribution in [3.63, 3.8) is 0 Å². The Bertz CT molecular complexity index is 815. The highest BCUT2D eigenvalue weighted by molar-refractivity contribution is 5.88. The third kappa shape index (κ3) is 4.23. The topological polar surface area (TPSA) is 66.8 Å². The largest absolute Gasteiger partial charge is 0.494 e. The predicted molar refractivity (Wildman–Crippen MR) is 98.5 cm³/mol. The van der Waals surface area contributed by atoms with Crippen LogP contribution in [0.15, 0.2) is 42.5 Å². The Hall–Kier alpha value is -2.82. The summed E-state index contributed by atoms with van der Waals surface area (Å²) in [6.45, 7) is 3.83. The molecule has 1 N–H and O–H groups in total. The summed E-state index contributed by atoms with van der Waals surface area (Å²) in [7, 11) is 0. The highest BCUT2D eigenvalue weighted by Crippen LogP contribution is 2.22. The van der Waals surface area contributed by atoms with E-state index in [9.17, 15) is 9.59 Å². The highest BCUT2D eigenvalue weighted by Gasteiger charge is 2.22. The first kappa shape index (κ1) is 18.0. The fourth-order valence-corrected chi connectivity index (χ4v) is 3.15. The minimum Gasteiger partial charge on any atom is -0.494 e. The lowest BCUT2D eigenvalue weighted by Crippen LogP contribution is -2.37. The number of rotatable bonds is 6. The van der Waals surface area contributed by atoms with Gasteiger partial charge in [-0.1, -0.05) is 25.1 Å². The van der Waals surface area contributed by atoms with Gasteiger partial charge in [0.25, 0.3) is 0 Å². The second-order valence-electron chi connectivity index (χ2n) is 6.53. The van der Waals surface area contributed by atoms with Crippen molar-refractivity contribution in [2.75, 3.05) is 13.2 Å². The Balaban J connectivity index is 1.68. The average Bonchev–Trinajstić information content (AvgIpc) is 2.65. The summed E-state index contributed by atoms with van der Waals surface area (Å²) < 4.78 is 5.62. The van der Waals surface area contributed by atoms with Crippen molar-refractivity contribution in [3.8, 4) is 5.75 Å². The molecule has 1 heterocycles. The summed E-state index contributed by atoms with van der Waals surface area (Å²) >= 11 is 0. The zero-order valence-corrected chi connectivity index (χ0v) is 14.9. The number of carbonyl (C=O) groups excluding carboxylic acids is 1. The van der Waals surface area contributed by atoms with Gasteiger partial charge in [-0.2, -0.15) is 0 Å². The van der Waals surface area contributed by atoms with Crippen LogP contribution in [-0.4, -0.2) is 35.0 Å². The molecule has 26 heavy (non-hydrogen) atoms. The number of nitrogens with zero attached hydrogens (tertiary/aromatic N) is 1. The van der Waals surface area contributed by atoms with E-state index in [4.69, 9.17) is 9.84 Å². The van der Waals surface area contributed by atoms with Crippen LogP contribution >= 0.6 is 0 Å². The summed E-state index contributed by atoms with van der Waals surface area (Å²) in [5.74, 6) is -0.114. The van der Waals surface area contributed by atoms with Crippen LogP contribution in [0.5, 0.6) is 5.75 Å². The molecule has 1 amide bonds. The molecule has 0 saturated carbocycles. The Kier molecular flexibility index (Phi) is 5.56. The number of ether oxygens (including phenoxy) is 1.